The van der Waals surface area contributed by atoms with Crippen LogP contribution in [0.5, 0.6) is 0 Å². The molecule has 0 amide bonds. The highest BCUT2D eigenvalue weighted by molar-refractivity contribution is 4.84. The first-order chi connectivity index (χ1) is 6.79. The summed E-state index contributed by atoms with van der Waals surface area (Å²) in [5.74, 6) is 0.752. The summed E-state index contributed by atoms with van der Waals surface area (Å²) in [6.07, 6.45) is 6.29. The Bertz CT molecular complexity index is 187. The Labute approximate surface area is 94.5 Å². The highest BCUT2D eigenvalue weighted by Crippen LogP contribution is 2.31. The van der Waals surface area contributed by atoms with E-state index in [0.29, 0.717) is 6.54 Å². The van der Waals surface area contributed by atoms with Gasteiger partial charge in [-0.25, -0.2) is 0 Å². The normalized spacial score (nSPS) is 23.0. The molecule has 1 fully saturated rings. The second kappa shape index (κ2) is 4.84. The van der Waals surface area contributed by atoms with E-state index in [1.807, 2.05) is 6.92 Å². The molecule has 1 unspecified atom stereocenters. The fourth-order valence-electron chi connectivity index (χ4n) is 2.36. The number of hydrogen-bond acceptors (Lipinski definition) is 2. The lowest BCUT2D eigenvalue weighted by atomic mass is 9.90. The van der Waals surface area contributed by atoms with Gasteiger partial charge in [-0.05, 0) is 40.0 Å². The Morgan fingerprint density at radius 3 is 2.13 bits per heavy atom. The van der Waals surface area contributed by atoms with Crippen LogP contribution in [0, 0.1) is 5.92 Å². The number of rotatable bonds is 4. The lowest BCUT2D eigenvalue weighted by Crippen LogP contribution is -2.46. The van der Waals surface area contributed by atoms with Gasteiger partial charge in [-0.2, -0.15) is 0 Å². The van der Waals surface area contributed by atoms with Crippen molar-refractivity contribution in [2.45, 2.75) is 70.9 Å². The third kappa shape index (κ3) is 5.53. The van der Waals surface area contributed by atoms with Crippen molar-refractivity contribution >= 4 is 0 Å². The maximum atomic E-state index is 10.3. The molecule has 1 aliphatic rings. The summed E-state index contributed by atoms with van der Waals surface area (Å²) in [5.41, 5.74) is -0.443. The fourth-order valence-corrected chi connectivity index (χ4v) is 2.36. The van der Waals surface area contributed by atoms with Crippen molar-refractivity contribution in [1.29, 1.82) is 0 Å². The van der Waals surface area contributed by atoms with Crippen LogP contribution < -0.4 is 5.32 Å². The number of hydrogen-bond donors (Lipinski definition) is 2. The van der Waals surface area contributed by atoms with Crippen molar-refractivity contribution in [3.63, 3.8) is 0 Å². The Kier molecular flexibility index (Phi) is 4.19. The first-order valence-corrected chi connectivity index (χ1v) is 6.26. The molecule has 2 N–H and O–H groups in total. The average Bonchev–Trinajstić information content (AvgIpc) is 2.52. The standard InChI is InChI=1S/C13H27NO/c1-12(2,3)14-10-13(4,15)9-11-7-5-6-8-11/h11,14-15H,5-10H2,1-4H3. The molecule has 15 heavy (non-hydrogen) atoms. The van der Waals surface area contributed by atoms with Crippen molar-refractivity contribution in [2.75, 3.05) is 6.54 Å². The van der Waals surface area contributed by atoms with Crippen LogP contribution in [0.4, 0.5) is 0 Å². The quantitative estimate of drug-likeness (QED) is 0.752. The Hall–Kier alpha value is -0.0800. The molecule has 0 radical (unpaired) electrons. The first-order valence-electron chi connectivity index (χ1n) is 6.26. The van der Waals surface area contributed by atoms with Crippen molar-refractivity contribution in [3.05, 3.63) is 0 Å². The van der Waals surface area contributed by atoms with Gasteiger partial charge in [0.2, 0.25) is 0 Å². The predicted molar refractivity (Wildman–Crippen MR) is 65.0 cm³/mol. The van der Waals surface area contributed by atoms with Crippen molar-refractivity contribution < 1.29 is 5.11 Å². The van der Waals surface area contributed by atoms with Crippen molar-refractivity contribution in [2.24, 2.45) is 5.92 Å². The second-order valence-electron chi connectivity index (χ2n) is 6.46. The molecule has 2 heteroatoms. The lowest BCUT2D eigenvalue weighted by Gasteiger charge is -2.31. The maximum Gasteiger partial charge on any atom is 0.0746 e. The van der Waals surface area contributed by atoms with Crippen molar-refractivity contribution in [3.8, 4) is 0 Å². The summed E-state index contributed by atoms with van der Waals surface area (Å²) < 4.78 is 0. The zero-order chi connectivity index (χ0) is 11.5. The first kappa shape index (κ1) is 13.0. The van der Waals surface area contributed by atoms with Gasteiger partial charge < -0.3 is 10.4 Å². The Morgan fingerprint density at radius 1 is 1.13 bits per heavy atom. The molecule has 0 heterocycles. The lowest BCUT2D eigenvalue weighted by molar-refractivity contribution is 0.0291. The highest BCUT2D eigenvalue weighted by Gasteiger charge is 2.28. The van der Waals surface area contributed by atoms with E-state index in [9.17, 15) is 5.11 Å². The third-order valence-electron chi connectivity index (χ3n) is 3.20. The molecule has 0 aromatic carbocycles. The molecule has 0 spiro atoms. The van der Waals surface area contributed by atoms with E-state index in [4.69, 9.17) is 0 Å². The van der Waals surface area contributed by atoms with Gasteiger partial charge in [0, 0.05) is 12.1 Å². The molecule has 2 nitrogen and oxygen atoms in total. The minimum Gasteiger partial charge on any atom is -0.389 e. The van der Waals surface area contributed by atoms with E-state index in [2.05, 4.69) is 26.1 Å². The van der Waals surface area contributed by atoms with E-state index in [0.717, 1.165) is 12.3 Å². The molecule has 1 rings (SSSR count). The van der Waals surface area contributed by atoms with Gasteiger partial charge in [0.1, 0.15) is 0 Å². The van der Waals surface area contributed by atoms with Gasteiger partial charge in [0.05, 0.1) is 5.60 Å². The van der Waals surface area contributed by atoms with Crippen LogP contribution in [0.3, 0.4) is 0 Å². The highest BCUT2D eigenvalue weighted by atomic mass is 16.3. The topological polar surface area (TPSA) is 32.3 Å². The number of β-amino-alcohol motifs (C(OH)–C–C–N with tert-alkyl or cyclic N) is 1. The predicted octanol–water partition coefficient (Wildman–Crippen LogP) is 2.71. The molecule has 1 saturated carbocycles. The van der Waals surface area contributed by atoms with E-state index in [1.165, 1.54) is 25.7 Å². The van der Waals surface area contributed by atoms with Crippen LogP contribution in [0.1, 0.15) is 59.8 Å². The van der Waals surface area contributed by atoms with Crippen LogP contribution >= 0.6 is 0 Å². The summed E-state index contributed by atoms with van der Waals surface area (Å²) in [6.45, 7) is 9.08. The average molecular weight is 213 g/mol. The van der Waals surface area contributed by atoms with Gasteiger partial charge >= 0.3 is 0 Å². The Balaban J connectivity index is 2.30. The summed E-state index contributed by atoms with van der Waals surface area (Å²) >= 11 is 0. The second-order valence-corrected chi connectivity index (χ2v) is 6.46. The molecule has 0 aromatic rings. The minimum atomic E-state index is -0.539. The van der Waals surface area contributed by atoms with E-state index in [1.54, 1.807) is 0 Å². The van der Waals surface area contributed by atoms with E-state index in [-0.39, 0.29) is 5.54 Å². The smallest absolute Gasteiger partial charge is 0.0746 e. The van der Waals surface area contributed by atoms with Gasteiger partial charge in [0.15, 0.2) is 0 Å². The van der Waals surface area contributed by atoms with Gasteiger partial charge in [-0.15, -0.1) is 0 Å². The van der Waals surface area contributed by atoms with Crippen LogP contribution in [-0.4, -0.2) is 22.8 Å². The summed E-state index contributed by atoms with van der Waals surface area (Å²) in [6, 6.07) is 0. The summed E-state index contributed by atoms with van der Waals surface area (Å²) in [4.78, 5) is 0. The SMILES string of the molecule is CC(O)(CNC(C)(C)C)CC1CCCC1. The minimum absolute atomic E-state index is 0.0969. The van der Waals surface area contributed by atoms with E-state index >= 15 is 0 Å². The molecule has 0 bridgehead atoms. The van der Waals surface area contributed by atoms with Crippen molar-refractivity contribution in [1.82, 2.24) is 5.32 Å². The maximum absolute atomic E-state index is 10.3. The molecule has 0 aliphatic heterocycles. The van der Waals surface area contributed by atoms with Crippen LogP contribution in [0.25, 0.3) is 0 Å². The van der Waals surface area contributed by atoms with Crippen LogP contribution in [-0.2, 0) is 0 Å². The number of nitrogens with one attached hydrogen (secondary N) is 1. The molecular weight excluding hydrogens is 186 g/mol. The van der Waals surface area contributed by atoms with Crippen LogP contribution in [0.2, 0.25) is 0 Å². The monoisotopic (exact) mass is 213 g/mol. The molecule has 1 aliphatic carbocycles. The number of aliphatic hydroxyl groups is 1. The molecule has 0 saturated heterocycles. The van der Waals surface area contributed by atoms with Gasteiger partial charge in [-0.3, -0.25) is 0 Å². The Morgan fingerprint density at radius 2 is 1.67 bits per heavy atom. The summed E-state index contributed by atoms with van der Waals surface area (Å²) in [7, 11) is 0. The molecular formula is C13H27NO. The fraction of sp³-hybridized carbons (Fsp3) is 1.00. The zero-order valence-electron chi connectivity index (χ0n) is 10.8. The van der Waals surface area contributed by atoms with Gasteiger partial charge in [0.25, 0.3) is 0 Å². The molecule has 90 valence electrons. The summed E-state index contributed by atoms with van der Waals surface area (Å²) in [5, 5.41) is 13.7. The molecule has 0 aromatic heterocycles. The van der Waals surface area contributed by atoms with Gasteiger partial charge in [-0.1, -0.05) is 25.7 Å². The largest absolute Gasteiger partial charge is 0.389 e. The molecule has 1 atom stereocenters. The zero-order valence-corrected chi connectivity index (χ0v) is 10.8. The van der Waals surface area contributed by atoms with E-state index < -0.39 is 5.60 Å². The van der Waals surface area contributed by atoms with Crippen LogP contribution in [0.15, 0.2) is 0 Å². The third-order valence-corrected chi connectivity index (χ3v) is 3.20.